The van der Waals surface area contributed by atoms with E-state index in [2.05, 4.69) is 10.2 Å². The molecule has 0 radical (unpaired) electrons. The van der Waals surface area contributed by atoms with Gasteiger partial charge in [0.15, 0.2) is 4.34 Å². The second-order valence-corrected chi connectivity index (χ2v) is 10.9. The molecule has 2 heterocycles. The van der Waals surface area contributed by atoms with Gasteiger partial charge in [-0.1, -0.05) is 71.1 Å². The number of aryl methyl sites for hydroxylation is 2. The average Bonchev–Trinajstić information content (AvgIpc) is 3.47. The number of Topliss-reactive ketones (excluding diaryl/α,β-unsaturated/α-hetero) is 1. The molecule has 192 valence electrons. The van der Waals surface area contributed by atoms with Gasteiger partial charge in [-0.05, 0) is 54.8 Å². The minimum atomic E-state index is -1.05. The highest BCUT2D eigenvalue weighted by Crippen LogP contribution is 2.44. The summed E-state index contributed by atoms with van der Waals surface area (Å²) in [5.41, 5.74) is 2.81. The molecule has 38 heavy (non-hydrogen) atoms. The molecule has 10 heteroatoms. The van der Waals surface area contributed by atoms with Crippen molar-refractivity contribution in [1.29, 1.82) is 0 Å². The zero-order valence-corrected chi connectivity index (χ0v) is 21.9. The van der Waals surface area contributed by atoms with Crippen molar-refractivity contribution < 1.29 is 23.5 Å². The molecule has 5 rings (SSSR count). The normalized spacial score (nSPS) is 16.8. The lowest BCUT2D eigenvalue weighted by atomic mass is 9.93. The molecule has 4 aromatic rings. The van der Waals surface area contributed by atoms with Gasteiger partial charge in [-0.25, -0.2) is 8.78 Å². The van der Waals surface area contributed by atoms with Crippen molar-refractivity contribution in [3.63, 3.8) is 0 Å². The van der Waals surface area contributed by atoms with E-state index in [0.29, 0.717) is 26.8 Å². The first kappa shape index (κ1) is 25.7. The van der Waals surface area contributed by atoms with Crippen LogP contribution in [0.25, 0.3) is 5.76 Å². The van der Waals surface area contributed by atoms with Crippen molar-refractivity contribution in [2.45, 2.75) is 30.0 Å². The van der Waals surface area contributed by atoms with Gasteiger partial charge in [-0.3, -0.25) is 14.5 Å². The summed E-state index contributed by atoms with van der Waals surface area (Å²) >= 11 is 2.32. The molecular formula is C28H21F2N3O3S2. The molecule has 0 spiro atoms. The number of anilines is 1. The van der Waals surface area contributed by atoms with E-state index in [1.807, 2.05) is 19.1 Å². The number of thioether (sulfide) groups is 1. The van der Waals surface area contributed by atoms with E-state index in [-0.39, 0.29) is 22.3 Å². The highest BCUT2D eigenvalue weighted by Gasteiger charge is 2.48. The lowest BCUT2D eigenvalue weighted by Crippen LogP contribution is -2.29. The second kappa shape index (κ2) is 10.5. The number of rotatable bonds is 6. The number of ketones is 1. The number of benzene rings is 3. The highest BCUT2D eigenvalue weighted by molar-refractivity contribution is 8.00. The first-order valence-corrected chi connectivity index (χ1v) is 13.4. The van der Waals surface area contributed by atoms with Crippen molar-refractivity contribution in [1.82, 2.24) is 10.2 Å². The van der Waals surface area contributed by atoms with Gasteiger partial charge in [0.2, 0.25) is 5.13 Å². The molecule has 1 N–H and O–H groups in total. The Labute approximate surface area is 225 Å². The number of hydrogen-bond donors (Lipinski definition) is 1. The van der Waals surface area contributed by atoms with Gasteiger partial charge in [0.1, 0.15) is 17.4 Å². The molecule has 1 atom stereocenters. The van der Waals surface area contributed by atoms with Crippen LogP contribution in [0.2, 0.25) is 0 Å². The number of nitrogens with zero attached hydrogens (tertiary/aromatic N) is 3. The number of aliphatic hydroxyl groups excluding tert-OH is 1. The monoisotopic (exact) mass is 549 g/mol. The Kier molecular flexibility index (Phi) is 7.09. The van der Waals surface area contributed by atoms with E-state index in [1.54, 1.807) is 31.2 Å². The number of hydrogen-bond acceptors (Lipinski definition) is 7. The van der Waals surface area contributed by atoms with Gasteiger partial charge in [-0.15, -0.1) is 10.2 Å². The minimum absolute atomic E-state index is 0.119. The van der Waals surface area contributed by atoms with Crippen LogP contribution in [0.4, 0.5) is 13.9 Å². The van der Waals surface area contributed by atoms with Crippen LogP contribution >= 0.6 is 23.1 Å². The first-order valence-electron chi connectivity index (χ1n) is 11.6. The van der Waals surface area contributed by atoms with Crippen molar-refractivity contribution in [2.75, 3.05) is 4.90 Å². The molecule has 1 saturated heterocycles. The Morgan fingerprint density at radius 3 is 2.50 bits per heavy atom. The van der Waals surface area contributed by atoms with E-state index in [4.69, 9.17) is 0 Å². The predicted octanol–water partition coefficient (Wildman–Crippen LogP) is 6.35. The molecule has 1 fully saturated rings. The number of amides is 1. The minimum Gasteiger partial charge on any atom is -0.507 e. The predicted molar refractivity (Wildman–Crippen MR) is 143 cm³/mol. The highest BCUT2D eigenvalue weighted by atomic mass is 32.2. The maximum Gasteiger partial charge on any atom is 0.301 e. The molecule has 6 nitrogen and oxygen atoms in total. The summed E-state index contributed by atoms with van der Waals surface area (Å²) in [6.45, 7) is 3.65. The number of aromatic nitrogens is 2. The van der Waals surface area contributed by atoms with Gasteiger partial charge in [0.25, 0.3) is 5.78 Å². The molecule has 1 aromatic heterocycles. The van der Waals surface area contributed by atoms with Crippen LogP contribution in [0.3, 0.4) is 0 Å². The van der Waals surface area contributed by atoms with Gasteiger partial charge in [-0.2, -0.15) is 0 Å². The van der Waals surface area contributed by atoms with Crippen molar-refractivity contribution in [3.8, 4) is 0 Å². The van der Waals surface area contributed by atoms with E-state index in [1.165, 1.54) is 47.0 Å². The summed E-state index contributed by atoms with van der Waals surface area (Å²) in [7, 11) is 0. The Morgan fingerprint density at radius 2 is 1.76 bits per heavy atom. The summed E-state index contributed by atoms with van der Waals surface area (Å²) < 4.78 is 28.3. The summed E-state index contributed by atoms with van der Waals surface area (Å²) in [6.07, 6.45) is 0. The third kappa shape index (κ3) is 4.84. The fourth-order valence-electron chi connectivity index (χ4n) is 4.24. The van der Waals surface area contributed by atoms with Crippen LogP contribution < -0.4 is 4.90 Å². The summed E-state index contributed by atoms with van der Waals surface area (Å²) in [4.78, 5) is 27.8. The Balaban J connectivity index is 1.57. The third-order valence-corrected chi connectivity index (χ3v) is 8.29. The molecule has 3 aromatic carbocycles. The molecule has 0 bridgehead atoms. The first-order chi connectivity index (χ1) is 18.2. The lowest BCUT2D eigenvalue weighted by Gasteiger charge is -2.22. The Morgan fingerprint density at radius 1 is 1.03 bits per heavy atom. The van der Waals surface area contributed by atoms with Gasteiger partial charge in [0.05, 0.1) is 11.6 Å². The molecule has 0 saturated carbocycles. The van der Waals surface area contributed by atoms with E-state index in [0.717, 1.165) is 22.5 Å². The van der Waals surface area contributed by atoms with Crippen LogP contribution in [0.15, 0.2) is 76.6 Å². The molecule has 0 aliphatic carbocycles. The molecule has 1 aliphatic heterocycles. The average molecular weight is 550 g/mol. The van der Waals surface area contributed by atoms with E-state index >= 15 is 0 Å². The number of aliphatic hydroxyl groups is 1. The van der Waals surface area contributed by atoms with Crippen LogP contribution in [0.1, 0.15) is 33.9 Å². The van der Waals surface area contributed by atoms with Gasteiger partial charge >= 0.3 is 5.91 Å². The maximum absolute atomic E-state index is 14.0. The molecule has 1 unspecified atom stereocenters. The molecular weight excluding hydrogens is 528 g/mol. The van der Waals surface area contributed by atoms with Crippen molar-refractivity contribution in [3.05, 3.63) is 112 Å². The second-order valence-electron chi connectivity index (χ2n) is 8.77. The van der Waals surface area contributed by atoms with Crippen LogP contribution in [0.5, 0.6) is 0 Å². The maximum atomic E-state index is 14.0. The van der Waals surface area contributed by atoms with E-state index < -0.39 is 23.5 Å². The molecule has 1 amide bonds. The van der Waals surface area contributed by atoms with Gasteiger partial charge in [0, 0.05) is 11.3 Å². The van der Waals surface area contributed by atoms with Crippen LogP contribution in [-0.2, 0) is 15.3 Å². The number of halogens is 2. The Hall–Kier alpha value is -3.89. The van der Waals surface area contributed by atoms with Crippen LogP contribution in [0, 0.1) is 25.5 Å². The largest absolute Gasteiger partial charge is 0.507 e. The zero-order chi connectivity index (χ0) is 27.0. The van der Waals surface area contributed by atoms with E-state index in [9.17, 15) is 23.5 Å². The smallest absolute Gasteiger partial charge is 0.301 e. The van der Waals surface area contributed by atoms with Crippen molar-refractivity contribution >= 4 is 45.7 Å². The number of carbonyl (C=O) groups is 2. The number of carbonyl (C=O) groups excluding carboxylic acids is 2. The van der Waals surface area contributed by atoms with Crippen molar-refractivity contribution in [2.24, 2.45) is 0 Å². The molecule has 1 aliphatic rings. The topological polar surface area (TPSA) is 83.4 Å². The SMILES string of the molecule is Cc1ccc(C)c(C(O)=C2C(=O)C(=O)N(c3nnc(SCc4ccccc4F)s3)C2c2ccc(F)cc2)c1. The zero-order valence-electron chi connectivity index (χ0n) is 20.3. The third-order valence-electron chi connectivity index (χ3n) is 6.19. The standard InChI is InChI=1S/C28H21F2N3O3S2/c1-15-7-8-16(2)20(13-15)24(34)22-23(17-9-11-19(29)12-10-17)33(26(36)25(22)35)27-31-32-28(38-27)37-14-18-5-3-4-6-21(18)30/h3-13,23,34H,14H2,1-2H3. The lowest BCUT2D eigenvalue weighted by molar-refractivity contribution is -0.132. The fourth-order valence-corrected chi connectivity index (χ4v) is 6.09. The summed E-state index contributed by atoms with van der Waals surface area (Å²) in [5.74, 6) is -2.60. The van der Waals surface area contributed by atoms with Gasteiger partial charge < -0.3 is 5.11 Å². The summed E-state index contributed by atoms with van der Waals surface area (Å²) in [6, 6.07) is 16.2. The fraction of sp³-hybridized carbons (Fsp3) is 0.143. The van der Waals surface area contributed by atoms with Crippen LogP contribution in [-0.4, -0.2) is 27.0 Å². The summed E-state index contributed by atoms with van der Waals surface area (Å²) in [5, 5.41) is 19.7. The Bertz CT molecular complexity index is 1580. The quantitative estimate of drug-likeness (QED) is 0.0992.